The molecular formula is C18H36. The summed E-state index contributed by atoms with van der Waals surface area (Å²) < 4.78 is 0. The third-order valence-electron chi connectivity index (χ3n) is 1.89. The van der Waals surface area contributed by atoms with Gasteiger partial charge in [-0.1, -0.05) is 84.9 Å². The third kappa shape index (κ3) is 17.4. The van der Waals surface area contributed by atoms with E-state index in [0.29, 0.717) is 0 Å². The SMILES string of the molecule is C.C=C.CC.CC.CC1=C/C=C\C(C)(C)/C=C\C1. The lowest BCUT2D eigenvalue weighted by atomic mass is 9.90. The van der Waals surface area contributed by atoms with E-state index in [1.165, 1.54) is 5.57 Å². The van der Waals surface area contributed by atoms with Gasteiger partial charge in [0.1, 0.15) is 0 Å². The Balaban J connectivity index is -0.000000123. The Hall–Kier alpha value is -1.04. The van der Waals surface area contributed by atoms with E-state index < -0.39 is 0 Å². The zero-order chi connectivity index (χ0) is 14.3. The molecule has 0 saturated carbocycles. The van der Waals surface area contributed by atoms with Crippen LogP contribution in [0.4, 0.5) is 0 Å². The van der Waals surface area contributed by atoms with Crippen LogP contribution >= 0.6 is 0 Å². The minimum Gasteiger partial charge on any atom is -0.106 e. The van der Waals surface area contributed by atoms with Crippen LogP contribution in [-0.2, 0) is 0 Å². The first-order valence-electron chi connectivity index (χ1n) is 6.63. The Morgan fingerprint density at radius 3 is 1.89 bits per heavy atom. The van der Waals surface area contributed by atoms with Crippen LogP contribution in [0.1, 0.15) is 62.3 Å². The van der Waals surface area contributed by atoms with Gasteiger partial charge in [-0.2, -0.15) is 0 Å². The summed E-state index contributed by atoms with van der Waals surface area (Å²) in [6.45, 7) is 20.6. The predicted octanol–water partition coefficient (Wildman–Crippen LogP) is 6.97. The van der Waals surface area contributed by atoms with Crippen molar-refractivity contribution in [1.29, 1.82) is 0 Å². The van der Waals surface area contributed by atoms with Crippen molar-refractivity contribution in [3.05, 3.63) is 49.1 Å². The van der Waals surface area contributed by atoms with Gasteiger partial charge in [0.25, 0.3) is 0 Å². The van der Waals surface area contributed by atoms with Crippen molar-refractivity contribution in [1.82, 2.24) is 0 Å². The van der Waals surface area contributed by atoms with E-state index in [1.807, 2.05) is 27.7 Å². The minimum atomic E-state index is 0. The maximum absolute atomic E-state index is 3.00. The first kappa shape index (κ1) is 25.7. The minimum absolute atomic E-state index is 0. The molecular weight excluding hydrogens is 216 g/mol. The van der Waals surface area contributed by atoms with Gasteiger partial charge < -0.3 is 0 Å². The molecule has 0 spiro atoms. The molecule has 0 fully saturated rings. The Kier molecular flexibility index (Phi) is 26.2. The molecule has 1 rings (SSSR count). The van der Waals surface area contributed by atoms with Gasteiger partial charge in [0, 0.05) is 5.41 Å². The van der Waals surface area contributed by atoms with E-state index in [2.05, 4.69) is 64.3 Å². The van der Waals surface area contributed by atoms with Crippen LogP contribution in [0, 0.1) is 5.41 Å². The van der Waals surface area contributed by atoms with Crippen LogP contribution in [0.2, 0.25) is 0 Å². The van der Waals surface area contributed by atoms with Gasteiger partial charge in [0.2, 0.25) is 0 Å². The van der Waals surface area contributed by atoms with Crippen LogP contribution in [-0.4, -0.2) is 0 Å². The average molecular weight is 252 g/mol. The summed E-state index contributed by atoms with van der Waals surface area (Å²) in [7, 11) is 0. The lowest BCUT2D eigenvalue weighted by Crippen LogP contribution is -2.02. The molecule has 0 aromatic heterocycles. The van der Waals surface area contributed by atoms with E-state index in [1.54, 1.807) is 0 Å². The Morgan fingerprint density at radius 2 is 1.44 bits per heavy atom. The fraction of sp³-hybridized carbons (Fsp3) is 0.556. The maximum atomic E-state index is 3.00. The van der Waals surface area contributed by atoms with Crippen molar-refractivity contribution in [3.8, 4) is 0 Å². The fourth-order valence-electron chi connectivity index (χ4n) is 1.13. The molecule has 0 N–H and O–H groups in total. The molecule has 108 valence electrons. The molecule has 1 aliphatic rings. The fourth-order valence-corrected chi connectivity index (χ4v) is 1.13. The first-order chi connectivity index (χ1) is 8.10. The highest BCUT2D eigenvalue weighted by Crippen LogP contribution is 2.21. The van der Waals surface area contributed by atoms with Crippen molar-refractivity contribution in [2.75, 3.05) is 0 Å². The third-order valence-corrected chi connectivity index (χ3v) is 1.89. The average Bonchev–Trinajstić information content (AvgIpc) is 2.34. The number of rotatable bonds is 0. The van der Waals surface area contributed by atoms with Gasteiger partial charge >= 0.3 is 0 Å². The Labute approximate surface area is 117 Å². The van der Waals surface area contributed by atoms with Gasteiger partial charge in [-0.15, -0.1) is 13.2 Å². The van der Waals surface area contributed by atoms with Crippen LogP contribution in [0.25, 0.3) is 0 Å². The van der Waals surface area contributed by atoms with Gasteiger partial charge in [-0.25, -0.2) is 0 Å². The zero-order valence-electron chi connectivity index (χ0n) is 13.0. The van der Waals surface area contributed by atoms with Gasteiger partial charge in [0.05, 0.1) is 0 Å². The molecule has 0 unspecified atom stereocenters. The van der Waals surface area contributed by atoms with E-state index >= 15 is 0 Å². The molecule has 0 bridgehead atoms. The topological polar surface area (TPSA) is 0 Å². The standard InChI is InChI=1S/C11H16.2C2H6.C2H4.CH4/c1-10-6-4-8-11(2,3)9-5-7-10;3*1-2;/h4-6,8-9H,7H2,1-3H3;2*1-2H3;1-2H2;1H4/b8-4-,9-5-,10-6?;;;;. The predicted molar refractivity (Wildman–Crippen MR) is 91.1 cm³/mol. The first-order valence-corrected chi connectivity index (χ1v) is 6.63. The summed E-state index contributed by atoms with van der Waals surface area (Å²) in [5.74, 6) is 0. The molecule has 0 heteroatoms. The summed E-state index contributed by atoms with van der Waals surface area (Å²) in [6, 6.07) is 0. The summed E-state index contributed by atoms with van der Waals surface area (Å²) in [5.41, 5.74) is 1.66. The van der Waals surface area contributed by atoms with E-state index in [-0.39, 0.29) is 12.8 Å². The Morgan fingerprint density at radius 1 is 1.00 bits per heavy atom. The van der Waals surface area contributed by atoms with Crippen molar-refractivity contribution in [2.24, 2.45) is 5.41 Å². The highest BCUT2D eigenvalue weighted by Gasteiger charge is 2.08. The lowest BCUT2D eigenvalue weighted by molar-refractivity contribution is 0.623. The monoisotopic (exact) mass is 252 g/mol. The number of hydrogen-bond donors (Lipinski definition) is 0. The second-order valence-electron chi connectivity index (χ2n) is 3.80. The van der Waals surface area contributed by atoms with E-state index in [0.717, 1.165) is 6.42 Å². The summed E-state index contributed by atoms with van der Waals surface area (Å²) >= 11 is 0. The summed E-state index contributed by atoms with van der Waals surface area (Å²) in [6.07, 6.45) is 12.2. The van der Waals surface area contributed by atoms with Crippen LogP contribution in [0.3, 0.4) is 0 Å². The molecule has 18 heavy (non-hydrogen) atoms. The van der Waals surface area contributed by atoms with Crippen molar-refractivity contribution < 1.29 is 0 Å². The molecule has 0 radical (unpaired) electrons. The van der Waals surface area contributed by atoms with Gasteiger partial charge in [0.15, 0.2) is 0 Å². The summed E-state index contributed by atoms with van der Waals surface area (Å²) in [4.78, 5) is 0. The quantitative estimate of drug-likeness (QED) is 0.408. The van der Waals surface area contributed by atoms with Crippen LogP contribution < -0.4 is 0 Å². The molecule has 0 aliphatic heterocycles. The molecule has 0 aromatic carbocycles. The molecule has 0 amide bonds. The Bertz CT molecular complexity index is 226. The highest BCUT2D eigenvalue weighted by molar-refractivity contribution is 5.21. The molecule has 0 saturated heterocycles. The van der Waals surface area contributed by atoms with E-state index in [4.69, 9.17) is 0 Å². The van der Waals surface area contributed by atoms with E-state index in [9.17, 15) is 0 Å². The molecule has 0 nitrogen and oxygen atoms in total. The highest BCUT2D eigenvalue weighted by atomic mass is 14.1. The van der Waals surface area contributed by atoms with Crippen molar-refractivity contribution in [3.63, 3.8) is 0 Å². The van der Waals surface area contributed by atoms with Crippen LogP contribution in [0.15, 0.2) is 49.1 Å². The van der Waals surface area contributed by atoms with Gasteiger partial charge in [-0.05, 0) is 13.3 Å². The second kappa shape index (κ2) is 18.3. The van der Waals surface area contributed by atoms with Gasteiger partial charge in [-0.3, -0.25) is 0 Å². The summed E-state index contributed by atoms with van der Waals surface area (Å²) in [5, 5.41) is 0. The zero-order valence-corrected chi connectivity index (χ0v) is 13.0. The molecule has 1 aliphatic carbocycles. The number of hydrogen-bond acceptors (Lipinski definition) is 0. The normalized spacial score (nSPS) is 18.1. The molecule has 0 heterocycles. The maximum Gasteiger partial charge on any atom is 0.000763 e. The molecule has 0 aromatic rings. The molecule has 0 atom stereocenters. The smallest absolute Gasteiger partial charge is 0.000763 e. The van der Waals surface area contributed by atoms with Crippen LogP contribution in [0.5, 0.6) is 0 Å². The van der Waals surface area contributed by atoms with Crippen molar-refractivity contribution >= 4 is 0 Å². The lowest BCUT2D eigenvalue weighted by Gasteiger charge is -2.15. The van der Waals surface area contributed by atoms with Crippen molar-refractivity contribution in [2.45, 2.75) is 62.3 Å². The second-order valence-corrected chi connectivity index (χ2v) is 3.80. The number of allylic oxidation sites excluding steroid dienone is 6. The largest absolute Gasteiger partial charge is 0.106 e.